The predicted molar refractivity (Wildman–Crippen MR) is 94.2 cm³/mol. The Balaban J connectivity index is 1.72. The summed E-state index contributed by atoms with van der Waals surface area (Å²) in [6, 6.07) is 2.93. The molecule has 152 valence electrons. The van der Waals surface area contributed by atoms with E-state index in [1.54, 1.807) is 13.8 Å². The van der Waals surface area contributed by atoms with E-state index >= 15 is 0 Å². The van der Waals surface area contributed by atoms with E-state index < -0.39 is 31.5 Å². The maximum atomic E-state index is 13.9. The molecule has 0 aliphatic carbocycles. The molecule has 12 heteroatoms. The number of hydrogen-bond acceptors (Lipinski definition) is 5. The molecule has 2 heterocycles. The predicted octanol–water partition coefficient (Wildman–Crippen LogP) is 0.233. The molecule has 1 aliphatic heterocycles. The highest BCUT2D eigenvalue weighted by Crippen LogP contribution is 2.23. The number of benzene rings is 1. The lowest BCUT2D eigenvalue weighted by molar-refractivity contribution is -0.926. The quantitative estimate of drug-likeness (QED) is 0.555. The SMILES string of the molecule is Cc1nn(C[NH+]2CCN(S(=O)(=O)c3c(F)cccc3F)CC2)c(C)c1[N+](=O)[O-]. The van der Waals surface area contributed by atoms with Crippen LogP contribution in [0.4, 0.5) is 14.5 Å². The average Bonchev–Trinajstić information content (AvgIpc) is 2.88. The molecule has 0 spiro atoms. The zero-order valence-electron chi connectivity index (χ0n) is 15.4. The Bertz CT molecular complexity index is 996. The molecule has 1 N–H and O–H groups in total. The zero-order chi connectivity index (χ0) is 20.6. The van der Waals surface area contributed by atoms with Crippen molar-refractivity contribution in [3.8, 4) is 0 Å². The van der Waals surface area contributed by atoms with Crippen LogP contribution in [-0.2, 0) is 16.7 Å². The Hall–Kier alpha value is -2.44. The third-order valence-corrected chi connectivity index (χ3v) is 6.80. The summed E-state index contributed by atoms with van der Waals surface area (Å²) in [5.41, 5.74) is 0.715. The van der Waals surface area contributed by atoms with E-state index in [4.69, 9.17) is 0 Å². The second-order valence-electron chi connectivity index (χ2n) is 6.64. The number of nitro groups is 1. The third-order valence-electron chi connectivity index (χ3n) is 4.85. The number of rotatable bonds is 5. The first-order chi connectivity index (χ1) is 13.1. The van der Waals surface area contributed by atoms with E-state index in [2.05, 4.69) is 5.10 Å². The summed E-state index contributed by atoms with van der Waals surface area (Å²) in [6.45, 7) is 4.41. The number of aromatic nitrogens is 2. The van der Waals surface area contributed by atoms with Gasteiger partial charge in [0, 0.05) is 0 Å². The van der Waals surface area contributed by atoms with E-state index in [0.29, 0.717) is 31.1 Å². The minimum Gasteiger partial charge on any atom is -0.314 e. The Morgan fingerprint density at radius 2 is 1.79 bits per heavy atom. The van der Waals surface area contributed by atoms with Crippen LogP contribution in [0.15, 0.2) is 23.1 Å². The lowest BCUT2D eigenvalue weighted by Crippen LogP contribution is -3.14. The van der Waals surface area contributed by atoms with Gasteiger partial charge in [-0.2, -0.15) is 9.40 Å². The molecule has 1 saturated heterocycles. The summed E-state index contributed by atoms with van der Waals surface area (Å²) >= 11 is 0. The van der Waals surface area contributed by atoms with Crippen molar-refractivity contribution in [2.75, 3.05) is 26.2 Å². The summed E-state index contributed by atoms with van der Waals surface area (Å²) in [5.74, 6) is -2.24. The molecule has 0 bridgehead atoms. The van der Waals surface area contributed by atoms with Gasteiger partial charge in [0.1, 0.15) is 23.0 Å². The van der Waals surface area contributed by atoms with E-state index in [1.165, 1.54) is 4.68 Å². The molecule has 3 rings (SSSR count). The fourth-order valence-corrected chi connectivity index (χ4v) is 4.93. The molecule has 1 aromatic carbocycles. The van der Waals surface area contributed by atoms with Crippen LogP contribution in [0.3, 0.4) is 0 Å². The van der Waals surface area contributed by atoms with Gasteiger partial charge < -0.3 is 4.90 Å². The number of aryl methyl sites for hydroxylation is 1. The molecule has 0 atom stereocenters. The second-order valence-corrected chi connectivity index (χ2v) is 8.51. The largest absolute Gasteiger partial charge is 0.314 e. The molecule has 9 nitrogen and oxygen atoms in total. The molecular formula is C16H20F2N5O4S+. The van der Waals surface area contributed by atoms with Gasteiger partial charge in [-0.3, -0.25) is 10.1 Å². The van der Waals surface area contributed by atoms with Gasteiger partial charge in [0.25, 0.3) is 0 Å². The Kier molecular flexibility index (Phi) is 5.46. The molecule has 0 amide bonds. The summed E-state index contributed by atoms with van der Waals surface area (Å²) in [6.07, 6.45) is 0. The second kappa shape index (κ2) is 7.53. The Morgan fingerprint density at radius 3 is 2.29 bits per heavy atom. The van der Waals surface area contributed by atoms with Gasteiger partial charge in [-0.15, -0.1) is 0 Å². The van der Waals surface area contributed by atoms with Gasteiger partial charge in [-0.25, -0.2) is 21.9 Å². The fourth-order valence-electron chi connectivity index (χ4n) is 3.38. The number of sulfonamides is 1. The monoisotopic (exact) mass is 416 g/mol. The van der Waals surface area contributed by atoms with E-state index in [-0.39, 0.29) is 18.8 Å². The molecule has 0 saturated carbocycles. The van der Waals surface area contributed by atoms with E-state index in [9.17, 15) is 27.3 Å². The zero-order valence-corrected chi connectivity index (χ0v) is 16.2. The highest BCUT2D eigenvalue weighted by molar-refractivity contribution is 7.89. The normalized spacial score (nSPS) is 16.4. The number of hydrogen-bond donors (Lipinski definition) is 1. The van der Waals surface area contributed by atoms with Crippen LogP contribution in [-0.4, -0.2) is 53.6 Å². The number of quaternary nitrogens is 1. The Morgan fingerprint density at radius 1 is 1.21 bits per heavy atom. The number of nitrogens with one attached hydrogen (secondary N) is 1. The van der Waals surface area contributed by atoms with E-state index in [0.717, 1.165) is 27.4 Å². The summed E-state index contributed by atoms with van der Waals surface area (Å²) in [7, 11) is -4.28. The van der Waals surface area contributed by atoms with Crippen molar-refractivity contribution >= 4 is 15.7 Å². The summed E-state index contributed by atoms with van der Waals surface area (Å²) in [4.78, 5) is 10.6. The van der Waals surface area contributed by atoms with Crippen molar-refractivity contribution in [2.45, 2.75) is 25.4 Å². The first kappa shape index (κ1) is 20.3. The van der Waals surface area contributed by atoms with E-state index in [1.807, 2.05) is 0 Å². The number of nitrogens with zero attached hydrogens (tertiary/aromatic N) is 4. The van der Waals surface area contributed by atoms with Crippen LogP contribution in [0, 0.1) is 35.6 Å². The van der Waals surface area contributed by atoms with Crippen LogP contribution in [0.2, 0.25) is 0 Å². The average molecular weight is 416 g/mol. The van der Waals surface area contributed by atoms with Gasteiger partial charge in [-0.1, -0.05) is 6.07 Å². The number of piperazine rings is 1. The molecule has 1 aromatic heterocycles. The fraction of sp³-hybridized carbons (Fsp3) is 0.438. The van der Waals surface area contributed by atoms with Gasteiger partial charge in [0.15, 0.2) is 11.6 Å². The van der Waals surface area contributed by atoms with Gasteiger partial charge >= 0.3 is 5.69 Å². The molecule has 28 heavy (non-hydrogen) atoms. The highest BCUT2D eigenvalue weighted by Gasteiger charge is 2.35. The first-order valence-electron chi connectivity index (χ1n) is 8.59. The topological polar surface area (TPSA) is 103 Å². The third kappa shape index (κ3) is 3.62. The summed E-state index contributed by atoms with van der Waals surface area (Å²) < 4.78 is 55.6. The van der Waals surface area contributed by atoms with Crippen LogP contribution >= 0.6 is 0 Å². The minimum absolute atomic E-state index is 0.0318. The van der Waals surface area contributed by atoms with Crippen molar-refractivity contribution in [3.05, 3.63) is 51.3 Å². The van der Waals surface area contributed by atoms with Crippen molar-refractivity contribution in [2.24, 2.45) is 0 Å². The molecular weight excluding hydrogens is 396 g/mol. The molecule has 2 aromatic rings. The maximum absolute atomic E-state index is 13.9. The number of halogens is 2. The molecule has 1 fully saturated rings. The lowest BCUT2D eigenvalue weighted by Gasteiger charge is -2.31. The van der Waals surface area contributed by atoms with Gasteiger partial charge in [-0.05, 0) is 26.0 Å². The molecule has 0 unspecified atom stereocenters. The van der Waals surface area contributed by atoms with Crippen molar-refractivity contribution in [1.82, 2.24) is 14.1 Å². The van der Waals surface area contributed by atoms with Crippen LogP contribution in [0.5, 0.6) is 0 Å². The molecule has 1 aliphatic rings. The first-order valence-corrected chi connectivity index (χ1v) is 10.0. The van der Waals surface area contributed by atoms with Crippen molar-refractivity contribution < 1.29 is 27.0 Å². The summed E-state index contributed by atoms with van der Waals surface area (Å²) in [5, 5.41) is 15.3. The van der Waals surface area contributed by atoms with Gasteiger partial charge in [0.05, 0.1) is 31.1 Å². The lowest BCUT2D eigenvalue weighted by atomic mass is 10.3. The minimum atomic E-state index is -4.28. The highest BCUT2D eigenvalue weighted by atomic mass is 32.2. The van der Waals surface area contributed by atoms with Crippen LogP contribution in [0.25, 0.3) is 0 Å². The smallest absolute Gasteiger partial charge is 0.312 e. The van der Waals surface area contributed by atoms with Crippen molar-refractivity contribution in [3.63, 3.8) is 0 Å². The standard InChI is InChI=1S/C16H19F2N5O4S/c1-11-15(23(24)25)12(2)22(19-11)10-20-6-8-21(9-7-20)28(26,27)16-13(17)4-3-5-14(16)18/h3-5H,6-10H2,1-2H3/p+1. The Labute approximate surface area is 160 Å². The van der Waals surface area contributed by atoms with Crippen LogP contribution in [0.1, 0.15) is 11.4 Å². The van der Waals surface area contributed by atoms with Crippen molar-refractivity contribution in [1.29, 1.82) is 0 Å². The van der Waals surface area contributed by atoms with Crippen LogP contribution < -0.4 is 4.90 Å². The van der Waals surface area contributed by atoms with Gasteiger partial charge in [0.2, 0.25) is 10.0 Å². The molecule has 0 radical (unpaired) electrons. The maximum Gasteiger partial charge on any atom is 0.312 e.